The minimum absolute atomic E-state index is 0.292. The number of anilines is 1. The molecule has 0 radical (unpaired) electrons. The van der Waals surface area contributed by atoms with Crippen LogP contribution < -0.4 is 5.32 Å². The van der Waals surface area contributed by atoms with Crippen LogP contribution in [0, 0.1) is 0 Å². The molecule has 94 valence electrons. The molecule has 1 rings (SSSR count). The largest absolute Gasteiger partial charge is 0.471 e. The number of hydrogen-bond acceptors (Lipinski definition) is 3. The lowest BCUT2D eigenvalue weighted by atomic mass is 10.3. The van der Waals surface area contributed by atoms with Gasteiger partial charge in [0, 0.05) is 5.69 Å². The number of amides is 1. The summed E-state index contributed by atoms with van der Waals surface area (Å²) in [7, 11) is -4.91. The maximum Gasteiger partial charge on any atom is 0.471 e. The molecule has 17 heavy (non-hydrogen) atoms. The second-order valence-corrected chi connectivity index (χ2v) is 4.26. The minimum Gasteiger partial charge on any atom is -0.318 e. The maximum absolute atomic E-state index is 12.4. The molecular formula is C8H5F4NO3S. The predicted octanol–water partition coefficient (Wildman–Crippen LogP) is 1.85. The molecule has 9 heteroatoms. The van der Waals surface area contributed by atoms with Crippen molar-refractivity contribution in [2.45, 2.75) is 11.1 Å². The first kappa shape index (κ1) is 13.4. The van der Waals surface area contributed by atoms with E-state index >= 15 is 0 Å². The van der Waals surface area contributed by atoms with Crippen molar-refractivity contribution in [1.29, 1.82) is 0 Å². The van der Waals surface area contributed by atoms with Gasteiger partial charge in [0.25, 0.3) is 0 Å². The lowest BCUT2D eigenvalue weighted by molar-refractivity contribution is -0.167. The number of carbonyl (C=O) groups excluding carboxylic acids is 1. The van der Waals surface area contributed by atoms with Crippen LogP contribution in [0.2, 0.25) is 0 Å². The average molecular weight is 271 g/mol. The van der Waals surface area contributed by atoms with Crippen molar-refractivity contribution in [1.82, 2.24) is 0 Å². The van der Waals surface area contributed by atoms with Gasteiger partial charge in [0.15, 0.2) is 0 Å². The molecule has 0 saturated heterocycles. The lowest BCUT2D eigenvalue weighted by Gasteiger charge is -2.07. The Kier molecular flexibility index (Phi) is 3.41. The zero-order valence-electron chi connectivity index (χ0n) is 7.95. The second kappa shape index (κ2) is 4.32. The number of nitrogens with one attached hydrogen (secondary N) is 1. The van der Waals surface area contributed by atoms with Crippen molar-refractivity contribution < 1.29 is 30.3 Å². The number of carbonyl (C=O) groups is 1. The second-order valence-electron chi connectivity index (χ2n) is 2.91. The van der Waals surface area contributed by atoms with Crippen LogP contribution in [0.1, 0.15) is 0 Å². The highest BCUT2D eigenvalue weighted by atomic mass is 32.3. The average Bonchev–Trinajstić information content (AvgIpc) is 2.15. The number of halogens is 4. The molecule has 0 aliphatic heterocycles. The van der Waals surface area contributed by atoms with Gasteiger partial charge in [-0.05, 0) is 24.3 Å². The van der Waals surface area contributed by atoms with Gasteiger partial charge in [-0.15, -0.1) is 3.89 Å². The maximum atomic E-state index is 12.4. The Hall–Kier alpha value is -1.64. The van der Waals surface area contributed by atoms with Crippen LogP contribution >= 0.6 is 0 Å². The summed E-state index contributed by atoms with van der Waals surface area (Å²) in [6, 6.07) is 3.16. The summed E-state index contributed by atoms with van der Waals surface area (Å²) in [5.74, 6) is -2.20. The highest BCUT2D eigenvalue weighted by Crippen LogP contribution is 2.20. The Bertz CT molecular complexity index is 521. The quantitative estimate of drug-likeness (QED) is 0.659. The number of benzene rings is 1. The van der Waals surface area contributed by atoms with E-state index in [4.69, 9.17) is 0 Å². The predicted molar refractivity (Wildman–Crippen MR) is 49.4 cm³/mol. The van der Waals surface area contributed by atoms with E-state index in [9.17, 15) is 30.3 Å². The van der Waals surface area contributed by atoms with Crippen molar-refractivity contribution in [3.63, 3.8) is 0 Å². The van der Waals surface area contributed by atoms with Crippen LogP contribution in [0.4, 0.5) is 22.7 Å². The molecule has 0 aromatic heterocycles. The SMILES string of the molecule is O=C(Nc1ccc(S(=O)(=O)F)cc1)C(F)(F)F. The van der Waals surface area contributed by atoms with Crippen LogP contribution in [-0.4, -0.2) is 20.5 Å². The summed E-state index contributed by atoms with van der Waals surface area (Å²) in [6.45, 7) is 0. The van der Waals surface area contributed by atoms with Gasteiger partial charge in [0.1, 0.15) is 0 Å². The Labute approximate surface area is 93.5 Å². The highest BCUT2D eigenvalue weighted by molar-refractivity contribution is 7.86. The number of alkyl halides is 3. The van der Waals surface area contributed by atoms with Gasteiger partial charge < -0.3 is 5.32 Å². The third-order valence-corrected chi connectivity index (χ3v) is 2.49. The van der Waals surface area contributed by atoms with Gasteiger partial charge in [-0.2, -0.15) is 21.6 Å². The fourth-order valence-electron chi connectivity index (χ4n) is 0.903. The monoisotopic (exact) mass is 271 g/mol. The van der Waals surface area contributed by atoms with Crippen molar-refractivity contribution in [2.75, 3.05) is 5.32 Å². The van der Waals surface area contributed by atoms with E-state index in [1.54, 1.807) is 0 Å². The Balaban J connectivity index is 2.87. The lowest BCUT2D eigenvalue weighted by Crippen LogP contribution is -2.29. The third-order valence-electron chi connectivity index (χ3n) is 1.65. The molecule has 0 aliphatic rings. The first-order valence-electron chi connectivity index (χ1n) is 4.03. The molecule has 0 bridgehead atoms. The molecule has 1 amide bonds. The normalized spacial score (nSPS) is 12.2. The van der Waals surface area contributed by atoms with E-state index in [0.29, 0.717) is 0 Å². The molecule has 0 atom stereocenters. The van der Waals surface area contributed by atoms with Crippen molar-refractivity contribution in [3.05, 3.63) is 24.3 Å². The molecule has 1 aromatic rings. The summed E-state index contributed by atoms with van der Waals surface area (Å²) in [5, 5.41) is 1.48. The number of rotatable bonds is 2. The van der Waals surface area contributed by atoms with Crippen molar-refractivity contribution in [2.24, 2.45) is 0 Å². The van der Waals surface area contributed by atoms with Crippen LogP contribution in [0.3, 0.4) is 0 Å². The van der Waals surface area contributed by atoms with E-state index in [2.05, 4.69) is 0 Å². The van der Waals surface area contributed by atoms with Gasteiger partial charge in [-0.1, -0.05) is 0 Å². The van der Waals surface area contributed by atoms with Crippen LogP contribution in [0.25, 0.3) is 0 Å². The van der Waals surface area contributed by atoms with Crippen LogP contribution in [-0.2, 0) is 15.0 Å². The topological polar surface area (TPSA) is 63.2 Å². The van der Waals surface area contributed by atoms with Gasteiger partial charge in [-0.3, -0.25) is 4.79 Å². The van der Waals surface area contributed by atoms with Crippen molar-refractivity contribution in [3.8, 4) is 0 Å². The van der Waals surface area contributed by atoms with E-state index in [0.717, 1.165) is 24.3 Å². The minimum atomic E-state index is -5.05. The van der Waals surface area contributed by atoms with Gasteiger partial charge >= 0.3 is 22.3 Å². The van der Waals surface area contributed by atoms with Crippen LogP contribution in [0.15, 0.2) is 29.2 Å². The van der Waals surface area contributed by atoms with E-state index in [-0.39, 0.29) is 5.69 Å². The van der Waals surface area contributed by atoms with Gasteiger partial charge in [-0.25, -0.2) is 0 Å². The summed E-state index contributed by atoms with van der Waals surface area (Å²) in [5.41, 5.74) is -0.292. The molecule has 0 saturated carbocycles. The molecule has 0 heterocycles. The Morgan fingerprint density at radius 3 is 1.94 bits per heavy atom. The first-order chi connectivity index (χ1) is 7.60. The molecule has 0 spiro atoms. The zero-order chi connectivity index (χ0) is 13.3. The summed E-state index contributed by atoms with van der Waals surface area (Å²) in [4.78, 5) is 9.78. The summed E-state index contributed by atoms with van der Waals surface area (Å²) in [6.07, 6.45) is -5.05. The Morgan fingerprint density at radius 2 is 1.59 bits per heavy atom. The highest BCUT2D eigenvalue weighted by Gasteiger charge is 2.38. The van der Waals surface area contributed by atoms with Gasteiger partial charge in [0.05, 0.1) is 4.90 Å². The standard InChI is InChI=1S/C8H5F4NO3S/c9-8(10,11)7(14)13-5-1-3-6(4-2-5)17(12,15)16/h1-4H,(H,13,14). The molecule has 1 aromatic carbocycles. The van der Waals surface area contributed by atoms with E-state index in [1.165, 1.54) is 5.32 Å². The Morgan fingerprint density at radius 1 is 1.12 bits per heavy atom. The zero-order valence-corrected chi connectivity index (χ0v) is 8.77. The molecule has 1 N–H and O–H groups in total. The molecule has 0 aliphatic carbocycles. The summed E-state index contributed by atoms with van der Waals surface area (Å²) >= 11 is 0. The smallest absolute Gasteiger partial charge is 0.318 e. The van der Waals surface area contributed by atoms with E-state index in [1.807, 2.05) is 0 Å². The fraction of sp³-hybridized carbons (Fsp3) is 0.125. The van der Waals surface area contributed by atoms with Crippen LogP contribution in [0.5, 0.6) is 0 Å². The van der Waals surface area contributed by atoms with E-state index < -0.39 is 27.2 Å². The fourth-order valence-corrected chi connectivity index (χ4v) is 1.36. The first-order valence-corrected chi connectivity index (χ1v) is 5.42. The molecule has 0 unspecified atom stereocenters. The van der Waals surface area contributed by atoms with Crippen molar-refractivity contribution >= 4 is 21.8 Å². The van der Waals surface area contributed by atoms with Gasteiger partial charge in [0.2, 0.25) is 0 Å². The molecular weight excluding hydrogens is 266 g/mol. The summed E-state index contributed by atoms with van der Waals surface area (Å²) < 4.78 is 68.7. The molecule has 4 nitrogen and oxygen atoms in total. The third kappa shape index (κ3) is 3.70. The number of hydrogen-bond donors (Lipinski definition) is 1. The molecule has 0 fully saturated rings.